The molecular formula is C30H28N4OS. The Morgan fingerprint density at radius 3 is 2.36 bits per heavy atom. The van der Waals surface area contributed by atoms with E-state index in [1.54, 1.807) is 4.68 Å². The van der Waals surface area contributed by atoms with Gasteiger partial charge in [0.15, 0.2) is 0 Å². The molecule has 3 aromatic carbocycles. The molecule has 0 unspecified atom stereocenters. The van der Waals surface area contributed by atoms with Gasteiger partial charge in [0.1, 0.15) is 5.82 Å². The van der Waals surface area contributed by atoms with Gasteiger partial charge in [0.25, 0.3) is 0 Å². The fourth-order valence-electron chi connectivity index (χ4n) is 4.32. The maximum atomic E-state index is 13.0. The number of benzene rings is 3. The number of rotatable bonds is 6. The number of nitrogens with one attached hydrogen (secondary N) is 1. The molecular weight excluding hydrogens is 464 g/mol. The second kappa shape index (κ2) is 9.99. The van der Waals surface area contributed by atoms with Crippen molar-refractivity contribution in [1.82, 2.24) is 14.8 Å². The Bertz CT molecular complexity index is 1570. The Balaban J connectivity index is 1.41. The molecule has 2 heterocycles. The van der Waals surface area contributed by atoms with E-state index in [0.29, 0.717) is 5.82 Å². The van der Waals surface area contributed by atoms with Crippen molar-refractivity contribution in [2.24, 2.45) is 0 Å². The number of carbonyl (C=O) groups excluding carboxylic acids is 1. The first-order valence-corrected chi connectivity index (χ1v) is 12.9. The molecule has 0 aliphatic carbocycles. The summed E-state index contributed by atoms with van der Waals surface area (Å²) >= 11 is 1.43. The molecule has 0 saturated carbocycles. The van der Waals surface area contributed by atoms with E-state index in [1.165, 1.54) is 22.9 Å². The molecule has 0 aliphatic rings. The van der Waals surface area contributed by atoms with Crippen LogP contribution >= 0.6 is 11.8 Å². The molecule has 0 fully saturated rings. The third kappa shape index (κ3) is 4.90. The monoisotopic (exact) mass is 492 g/mol. The second-order valence-electron chi connectivity index (χ2n) is 9.04. The number of para-hydroxylation sites is 2. The summed E-state index contributed by atoms with van der Waals surface area (Å²) in [6, 6.07) is 26.3. The van der Waals surface area contributed by atoms with Crippen LogP contribution in [0, 0.1) is 27.7 Å². The molecule has 0 bridgehead atoms. The molecule has 0 atom stereocenters. The van der Waals surface area contributed by atoms with Crippen molar-refractivity contribution in [2.75, 3.05) is 11.1 Å². The summed E-state index contributed by atoms with van der Waals surface area (Å²) in [6.45, 7) is 8.39. The lowest BCUT2D eigenvalue weighted by atomic mass is 9.99. The first-order chi connectivity index (χ1) is 17.4. The highest BCUT2D eigenvalue weighted by Gasteiger charge is 2.16. The zero-order valence-corrected chi connectivity index (χ0v) is 21.7. The third-order valence-electron chi connectivity index (χ3n) is 6.34. The average molecular weight is 493 g/mol. The minimum Gasteiger partial charge on any atom is -0.310 e. The molecule has 180 valence electrons. The summed E-state index contributed by atoms with van der Waals surface area (Å²) in [5, 5.41) is 9.93. The highest BCUT2D eigenvalue weighted by molar-refractivity contribution is 7.99. The maximum absolute atomic E-state index is 13.0. The molecule has 1 N–H and O–H groups in total. The number of thioether (sulfide) groups is 1. The van der Waals surface area contributed by atoms with Crippen molar-refractivity contribution in [1.29, 1.82) is 0 Å². The normalized spacial score (nSPS) is 11.1. The van der Waals surface area contributed by atoms with Gasteiger partial charge in [0.2, 0.25) is 5.91 Å². The number of hydrogen-bond donors (Lipinski definition) is 1. The Morgan fingerprint density at radius 2 is 1.56 bits per heavy atom. The van der Waals surface area contributed by atoms with Gasteiger partial charge in [-0.25, -0.2) is 9.67 Å². The summed E-state index contributed by atoms with van der Waals surface area (Å²) in [4.78, 5) is 17.7. The number of anilines is 1. The van der Waals surface area contributed by atoms with Gasteiger partial charge in [0.05, 0.1) is 27.7 Å². The van der Waals surface area contributed by atoms with Crippen molar-refractivity contribution < 1.29 is 4.79 Å². The van der Waals surface area contributed by atoms with Gasteiger partial charge in [0, 0.05) is 17.0 Å². The Labute approximate surface area is 215 Å². The minimum atomic E-state index is -0.104. The van der Waals surface area contributed by atoms with Crippen LogP contribution in [0.1, 0.15) is 22.3 Å². The number of fused-ring (bicyclic) bond motifs is 1. The molecule has 0 aliphatic heterocycles. The molecule has 36 heavy (non-hydrogen) atoms. The van der Waals surface area contributed by atoms with Gasteiger partial charge in [-0.15, -0.1) is 0 Å². The van der Waals surface area contributed by atoms with E-state index < -0.39 is 0 Å². The summed E-state index contributed by atoms with van der Waals surface area (Å²) in [6.07, 6.45) is 0. The molecule has 2 aromatic heterocycles. The number of aromatic nitrogens is 3. The topological polar surface area (TPSA) is 59.8 Å². The van der Waals surface area contributed by atoms with Crippen LogP contribution in [0.3, 0.4) is 0 Å². The molecule has 0 radical (unpaired) electrons. The average Bonchev–Trinajstić information content (AvgIpc) is 3.29. The number of aryl methyl sites for hydroxylation is 4. The minimum absolute atomic E-state index is 0.104. The Morgan fingerprint density at radius 1 is 0.833 bits per heavy atom. The highest BCUT2D eigenvalue weighted by atomic mass is 32.2. The number of carbonyl (C=O) groups is 1. The van der Waals surface area contributed by atoms with E-state index in [2.05, 4.69) is 51.2 Å². The van der Waals surface area contributed by atoms with Crippen LogP contribution in [0.4, 0.5) is 5.82 Å². The van der Waals surface area contributed by atoms with Gasteiger partial charge in [-0.05, 0) is 80.3 Å². The van der Waals surface area contributed by atoms with E-state index in [9.17, 15) is 4.79 Å². The standard InChI is InChI=1S/C30H28N4OS/c1-19-14-21(3)25(15-20(19)2)27-17-28(34(33-27)23-10-6-5-7-11-23)32-29(35)18-36-30-16-22(4)24-12-8-9-13-26(24)31-30/h5-17H,18H2,1-4H3,(H,32,35). The van der Waals surface area contributed by atoms with Gasteiger partial charge < -0.3 is 5.32 Å². The van der Waals surface area contributed by atoms with Crippen LogP contribution in [0.25, 0.3) is 27.8 Å². The fourth-order valence-corrected chi connectivity index (χ4v) is 5.09. The Kier molecular flexibility index (Phi) is 6.61. The van der Waals surface area contributed by atoms with E-state index in [1.807, 2.05) is 60.7 Å². The second-order valence-corrected chi connectivity index (χ2v) is 10.0. The number of pyridine rings is 1. The largest absolute Gasteiger partial charge is 0.310 e. The zero-order valence-electron chi connectivity index (χ0n) is 20.9. The molecule has 5 aromatic rings. The lowest BCUT2D eigenvalue weighted by Crippen LogP contribution is -2.17. The molecule has 6 heteroatoms. The van der Waals surface area contributed by atoms with E-state index in [-0.39, 0.29) is 11.7 Å². The predicted molar refractivity (Wildman–Crippen MR) is 149 cm³/mol. The van der Waals surface area contributed by atoms with Crippen LogP contribution < -0.4 is 5.32 Å². The van der Waals surface area contributed by atoms with Crippen molar-refractivity contribution in [3.63, 3.8) is 0 Å². The van der Waals surface area contributed by atoms with E-state index >= 15 is 0 Å². The molecule has 0 spiro atoms. The zero-order chi connectivity index (χ0) is 25.2. The smallest absolute Gasteiger partial charge is 0.235 e. The first kappa shape index (κ1) is 23.8. The summed E-state index contributed by atoms with van der Waals surface area (Å²) < 4.78 is 1.80. The van der Waals surface area contributed by atoms with Crippen LogP contribution in [0.2, 0.25) is 0 Å². The van der Waals surface area contributed by atoms with Crippen molar-refractivity contribution in [3.05, 3.63) is 101 Å². The number of amides is 1. The summed E-state index contributed by atoms with van der Waals surface area (Å²) in [5.41, 5.74) is 8.49. The lowest BCUT2D eigenvalue weighted by molar-refractivity contribution is -0.113. The molecule has 0 saturated heterocycles. The van der Waals surface area contributed by atoms with Crippen LogP contribution in [-0.2, 0) is 4.79 Å². The highest BCUT2D eigenvalue weighted by Crippen LogP contribution is 2.30. The third-order valence-corrected chi connectivity index (χ3v) is 7.26. The van der Waals surface area contributed by atoms with Crippen molar-refractivity contribution in [2.45, 2.75) is 32.7 Å². The van der Waals surface area contributed by atoms with Crippen LogP contribution in [0.15, 0.2) is 83.9 Å². The molecule has 5 rings (SSSR count). The van der Waals surface area contributed by atoms with E-state index in [0.717, 1.165) is 44.0 Å². The van der Waals surface area contributed by atoms with Crippen molar-refractivity contribution >= 4 is 34.4 Å². The maximum Gasteiger partial charge on any atom is 0.235 e. The number of hydrogen-bond acceptors (Lipinski definition) is 4. The predicted octanol–water partition coefficient (Wildman–Crippen LogP) is 7.05. The van der Waals surface area contributed by atoms with Gasteiger partial charge in [-0.1, -0.05) is 54.2 Å². The van der Waals surface area contributed by atoms with Crippen molar-refractivity contribution in [3.8, 4) is 16.9 Å². The Hall–Kier alpha value is -3.90. The van der Waals surface area contributed by atoms with Crippen LogP contribution in [-0.4, -0.2) is 26.4 Å². The molecule has 5 nitrogen and oxygen atoms in total. The first-order valence-electron chi connectivity index (χ1n) is 11.9. The molecule has 1 amide bonds. The summed E-state index contributed by atoms with van der Waals surface area (Å²) in [7, 11) is 0. The van der Waals surface area contributed by atoms with Gasteiger partial charge in [-0.3, -0.25) is 4.79 Å². The quantitative estimate of drug-likeness (QED) is 0.258. The van der Waals surface area contributed by atoms with Gasteiger partial charge in [-0.2, -0.15) is 5.10 Å². The fraction of sp³-hybridized carbons (Fsp3) is 0.167. The van der Waals surface area contributed by atoms with Crippen LogP contribution in [0.5, 0.6) is 0 Å². The van der Waals surface area contributed by atoms with Gasteiger partial charge >= 0.3 is 0 Å². The lowest BCUT2D eigenvalue weighted by Gasteiger charge is -2.09. The SMILES string of the molecule is Cc1cc(C)c(-c2cc(NC(=O)CSc3cc(C)c4ccccc4n3)n(-c3ccccc3)n2)cc1C. The van der Waals surface area contributed by atoms with E-state index in [4.69, 9.17) is 10.1 Å². The number of nitrogens with zero attached hydrogens (tertiary/aromatic N) is 3. The summed E-state index contributed by atoms with van der Waals surface area (Å²) in [5.74, 6) is 0.790.